The van der Waals surface area contributed by atoms with Crippen molar-refractivity contribution in [3.63, 3.8) is 0 Å². The third kappa shape index (κ3) is 2.93. The lowest BCUT2D eigenvalue weighted by Gasteiger charge is -2.07. The van der Waals surface area contributed by atoms with Crippen molar-refractivity contribution in [3.8, 4) is 11.5 Å². The van der Waals surface area contributed by atoms with E-state index in [1.165, 1.54) is 6.20 Å². The van der Waals surface area contributed by atoms with Gasteiger partial charge in [-0.2, -0.15) is 5.10 Å². The molecule has 0 saturated heterocycles. The summed E-state index contributed by atoms with van der Waals surface area (Å²) in [5.41, 5.74) is 5.55. The minimum Gasteiger partial charge on any atom is -0.478 e. The molecule has 0 unspecified atom stereocenters. The van der Waals surface area contributed by atoms with Gasteiger partial charge in [0.25, 0.3) is 0 Å². The number of allylic oxidation sites excluding steroid dienone is 1. The molecule has 5 rings (SSSR count). The van der Waals surface area contributed by atoms with E-state index in [2.05, 4.69) is 4.98 Å². The minimum absolute atomic E-state index is 0.293. The van der Waals surface area contributed by atoms with E-state index in [-0.39, 0.29) is 0 Å². The SMILES string of the molecule is Cc1cccc(Oc2cccc3c(C4=Cc5nccc(C(=O)O)c5C4)n(C)nc23)c1. The summed E-state index contributed by atoms with van der Waals surface area (Å²) in [5, 5.41) is 15.2. The van der Waals surface area contributed by atoms with E-state index >= 15 is 0 Å². The fraction of sp³-hybridized carbons (Fsp3) is 0.125. The number of benzene rings is 2. The van der Waals surface area contributed by atoms with Crippen molar-refractivity contribution in [2.24, 2.45) is 7.05 Å². The fourth-order valence-corrected chi connectivity index (χ4v) is 4.04. The van der Waals surface area contributed by atoms with E-state index in [1.54, 1.807) is 6.07 Å². The number of pyridine rings is 1. The Balaban J connectivity index is 1.58. The van der Waals surface area contributed by atoms with Crippen LogP contribution in [0, 0.1) is 6.92 Å². The van der Waals surface area contributed by atoms with Gasteiger partial charge < -0.3 is 9.84 Å². The Bertz CT molecular complexity index is 1350. The summed E-state index contributed by atoms with van der Waals surface area (Å²) in [5.74, 6) is 0.505. The summed E-state index contributed by atoms with van der Waals surface area (Å²) < 4.78 is 7.96. The van der Waals surface area contributed by atoms with Crippen LogP contribution < -0.4 is 4.74 Å². The molecule has 0 fully saturated rings. The molecule has 1 N–H and O–H groups in total. The predicted octanol–water partition coefficient (Wildman–Crippen LogP) is 4.86. The van der Waals surface area contributed by atoms with Crippen LogP contribution in [0.25, 0.3) is 22.6 Å². The summed E-state index contributed by atoms with van der Waals surface area (Å²) >= 11 is 0. The van der Waals surface area contributed by atoms with Gasteiger partial charge in [-0.15, -0.1) is 0 Å². The number of aromatic nitrogens is 3. The lowest BCUT2D eigenvalue weighted by Crippen LogP contribution is -2.04. The first-order valence-corrected chi connectivity index (χ1v) is 9.63. The molecule has 1 aliphatic rings. The third-order valence-electron chi connectivity index (χ3n) is 5.35. The zero-order chi connectivity index (χ0) is 20.8. The molecule has 0 atom stereocenters. The van der Waals surface area contributed by atoms with Crippen LogP contribution in [0.15, 0.2) is 54.7 Å². The van der Waals surface area contributed by atoms with Crippen LogP contribution in [0.5, 0.6) is 11.5 Å². The van der Waals surface area contributed by atoms with Crippen molar-refractivity contribution in [1.29, 1.82) is 0 Å². The van der Waals surface area contributed by atoms with Gasteiger partial charge >= 0.3 is 5.97 Å². The van der Waals surface area contributed by atoms with Crippen LogP contribution in [-0.4, -0.2) is 25.8 Å². The average molecular weight is 397 g/mol. The van der Waals surface area contributed by atoms with Crippen LogP contribution >= 0.6 is 0 Å². The van der Waals surface area contributed by atoms with Crippen LogP contribution in [0.2, 0.25) is 0 Å². The van der Waals surface area contributed by atoms with Gasteiger partial charge in [0.1, 0.15) is 11.3 Å². The van der Waals surface area contributed by atoms with Gasteiger partial charge in [0.05, 0.1) is 17.0 Å². The first kappa shape index (κ1) is 18.1. The van der Waals surface area contributed by atoms with Gasteiger partial charge in [-0.3, -0.25) is 9.67 Å². The summed E-state index contributed by atoms with van der Waals surface area (Å²) in [6, 6.07) is 15.3. The molecule has 0 amide bonds. The van der Waals surface area contributed by atoms with E-state index < -0.39 is 5.97 Å². The summed E-state index contributed by atoms with van der Waals surface area (Å²) in [7, 11) is 1.89. The number of aromatic carboxylic acids is 1. The van der Waals surface area contributed by atoms with Crippen molar-refractivity contribution < 1.29 is 14.6 Å². The quantitative estimate of drug-likeness (QED) is 0.532. The first-order valence-electron chi connectivity index (χ1n) is 9.63. The number of fused-ring (bicyclic) bond motifs is 2. The highest BCUT2D eigenvalue weighted by Crippen LogP contribution is 2.38. The minimum atomic E-state index is -0.938. The topological polar surface area (TPSA) is 77.2 Å². The smallest absolute Gasteiger partial charge is 0.336 e. The van der Waals surface area contributed by atoms with Gasteiger partial charge in [-0.1, -0.05) is 24.3 Å². The summed E-state index contributed by atoms with van der Waals surface area (Å²) in [6.45, 7) is 2.02. The molecule has 0 saturated carbocycles. The zero-order valence-electron chi connectivity index (χ0n) is 16.6. The largest absolute Gasteiger partial charge is 0.478 e. The Labute approximate surface area is 173 Å². The lowest BCUT2D eigenvalue weighted by atomic mass is 10.0. The molecule has 2 aromatic carbocycles. The second-order valence-electron chi connectivity index (χ2n) is 7.42. The molecule has 6 nitrogen and oxygen atoms in total. The number of carboxylic acid groups (broad SMARTS) is 1. The highest BCUT2D eigenvalue weighted by atomic mass is 16.5. The average Bonchev–Trinajstić information content (AvgIpc) is 3.28. The number of nitrogens with zero attached hydrogens (tertiary/aromatic N) is 3. The second kappa shape index (κ2) is 6.84. The Morgan fingerprint density at radius 3 is 2.80 bits per heavy atom. The number of hydrogen-bond acceptors (Lipinski definition) is 4. The standard InChI is InChI=1S/C24H19N3O3/c1-14-5-3-6-16(11-14)30-21-8-4-7-18-22(21)26-27(2)23(18)15-12-19-17(24(28)29)9-10-25-20(19)13-15/h3-11,13H,12H2,1-2H3,(H,28,29). The lowest BCUT2D eigenvalue weighted by molar-refractivity contribution is 0.0695. The number of carbonyl (C=O) groups is 1. The highest BCUT2D eigenvalue weighted by molar-refractivity contribution is 6.01. The molecule has 2 heterocycles. The number of rotatable bonds is 4. The van der Waals surface area contributed by atoms with E-state index in [0.717, 1.165) is 39.0 Å². The molecule has 0 bridgehead atoms. The number of carboxylic acids is 1. The fourth-order valence-electron chi connectivity index (χ4n) is 4.04. The summed E-state index contributed by atoms with van der Waals surface area (Å²) in [4.78, 5) is 16.0. The Hall–Kier alpha value is -3.93. The molecule has 0 spiro atoms. The van der Waals surface area contributed by atoms with Crippen molar-refractivity contribution in [2.75, 3.05) is 0 Å². The van der Waals surface area contributed by atoms with Gasteiger partial charge in [-0.05, 0) is 54.0 Å². The highest BCUT2D eigenvalue weighted by Gasteiger charge is 2.25. The maximum absolute atomic E-state index is 11.6. The van der Waals surface area contributed by atoms with Crippen molar-refractivity contribution in [1.82, 2.24) is 14.8 Å². The third-order valence-corrected chi connectivity index (χ3v) is 5.35. The van der Waals surface area contributed by atoms with Gasteiger partial charge in [0.15, 0.2) is 5.75 Å². The van der Waals surface area contributed by atoms with Crippen molar-refractivity contribution in [2.45, 2.75) is 13.3 Å². The molecule has 0 radical (unpaired) electrons. The molecule has 4 aromatic rings. The van der Waals surface area contributed by atoms with E-state index in [0.29, 0.717) is 23.4 Å². The van der Waals surface area contributed by atoms with Crippen LogP contribution in [0.1, 0.15) is 32.9 Å². The Morgan fingerprint density at radius 2 is 2.00 bits per heavy atom. The Kier molecular flexibility index (Phi) is 4.13. The Morgan fingerprint density at radius 1 is 1.17 bits per heavy atom. The molecule has 6 heteroatoms. The number of hydrogen-bond donors (Lipinski definition) is 1. The van der Waals surface area contributed by atoms with Gasteiger partial charge in [0, 0.05) is 25.1 Å². The van der Waals surface area contributed by atoms with E-state index in [9.17, 15) is 9.90 Å². The van der Waals surface area contributed by atoms with Crippen LogP contribution in [0.3, 0.4) is 0 Å². The molecule has 2 aromatic heterocycles. The maximum Gasteiger partial charge on any atom is 0.336 e. The van der Waals surface area contributed by atoms with E-state index in [4.69, 9.17) is 9.84 Å². The summed E-state index contributed by atoms with van der Waals surface area (Å²) in [6.07, 6.45) is 3.99. The van der Waals surface area contributed by atoms with Crippen LogP contribution in [-0.2, 0) is 13.5 Å². The van der Waals surface area contributed by atoms with Crippen molar-refractivity contribution in [3.05, 3.63) is 82.8 Å². The molecule has 1 aliphatic carbocycles. The normalized spacial score (nSPS) is 12.7. The first-order chi connectivity index (χ1) is 14.5. The molecular weight excluding hydrogens is 378 g/mol. The molecule has 30 heavy (non-hydrogen) atoms. The monoisotopic (exact) mass is 397 g/mol. The maximum atomic E-state index is 11.6. The molecular formula is C24H19N3O3. The predicted molar refractivity (Wildman–Crippen MR) is 115 cm³/mol. The number of aryl methyl sites for hydroxylation is 2. The number of ether oxygens (including phenoxy) is 1. The van der Waals surface area contributed by atoms with Crippen LogP contribution in [0.4, 0.5) is 0 Å². The molecule has 0 aliphatic heterocycles. The van der Waals surface area contributed by atoms with Crippen molar-refractivity contribution >= 4 is 28.5 Å². The zero-order valence-corrected chi connectivity index (χ0v) is 16.6. The molecule has 148 valence electrons. The van der Waals surface area contributed by atoms with E-state index in [1.807, 2.05) is 67.2 Å². The van der Waals surface area contributed by atoms with Gasteiger partial charge in [-0.25, -0.2) is 4.79 Å². The second-order valence-corrected chi connectivity index (χ2v) is 7.42. The van der Waals surface area contributed by atoms with Gasteiger partial charge in [0.2, 0.25) is 0 Å².